The molecule has 0 radical (unpaired) electrons. The Labute approximate surface area is 155 Å². The molecule has 26 heavy (non-hydrogen) atoms. The number of likely N-dealkylation sites (tertiary alicyclic amines) is 1. The predicted molar refractivity (Wildman–Crippen MR) is 96.6 cm³/mol. The minimum absolute atomic E-state index is 0.00817. The number of carboxylic acids is 1. The Kier molecular flexibility index (Phi) is 7.43. The van der Waals surface area contributed by atoms with Gasteiger partial charge in [0.2, 0.25) is 5.91 Å². The lowest BCUT2D eigenvalue weighted by Crippen LogP contribution is -2.55. The van der Waals surface area contributed by atoms with Crippen LogP contribution in [0.5, 0.6) is 0 Å². The molecule has 0 bridgehead atoms. The molecule has 2 aliphatic rings. The highest BCUT2D eigenvalue weighted by atomic mass is 16.5. The summed E-state index contributed by atoms with van der Waals surface area (Å²) in [6, 6.07) is -1.92. The van der Waals surface area contributed by atoms with Gasteiger partial charge in [0.25, 0.3) is 0 Å². The summed E-state index contributed by atoms with van der Waals surface area (Å²) in [5, 5.41) is 12.7. The minimum atomic E-state index is -0.935. The van der Waals surface area contributed by atoms with E-state index in [0.717, 1.165) is 32.1 Å². The highest BCUT2D eigenvalue weighted by Gasteiger charge is 2.48. The first-order valence-electron chi connectivity index (χ1n) is 9.88. The first-order chi connectivity index (χ1) is 12.4. The highest BCUT2D eigenvalue weighted by Crippen LogP contribution is 2.40. The van der Waals surface area contributed by atoms with Crippen molar-refractivity contribution in [3.63, 3.8) is 0 Å². The Morgan fingerprint density at radius 2 is 1.92 bits per heavy atom. The molecule has 1 heterocycles. The standard InChI is InChI=1S/C19H32N2O5/c1-4-8-14(19(25)26-5-2)20-12(3)17(22)21-15-10-7-6-9-13(15)11-16(21)18(23)24/h12-16,20H,4-11H2,1-3H3,(H,23,24)/t12-,13?,14-,15?,16?/m0/s1. The first kappa shape index (κ1) is 20.7. The molecule has 1 saturated heterocycles. The third kappa shape index (κ3) is 4.55. The van der Waals surface area contributed by atoms with Crippen molar-refractivity contribution in [3.05, 3.63) is 0 Å². The van der Waals surface area contributed by atoms with Gasteiger partial charge >= 0.3 is 11.9 Å². The van der Waals surface area contributed by atoms with Crippen LogP contribution >= 0.6 is 0 Å². The molecule has 2 rings (SSSR count). The van der Waals surface area contributed by atoms with Crippen molar-refractivity contribution < 1.29 is 24.2 Å². The number of ether oxygens (including phenoxy) is 1. The van der Waals surface area contributed by atoms with Crippen molar-refractivity contribution in [1.82, 2.24) is 10.2 Å². The zero-order valence-electron chi connectivity index (χ0n) is 16.1. The number of nitrogens with one attached hydrogen (secondary N) is 1. The van der Waals surface area contributed by atoms with Gasteiger partial charge in [-0.05, 0) is 45.4 Å². The number of esters is 1. The predicted octanol–water partition coefficient (Wildman–Crippen LogP) is 1.94. The average Bonchev–Trinajstić information content (AvgIpc) is 3.00. The third-order valence-corrected chi connectivity index (χ3v) is 5.60. The van der Waals surface area contributed by atoms with Gasteiger partial charge in [-0.1, -0.05) is 26.2 Å². The van der Waals surface area contributed by atoms with Crippen molar-refractivity contribution >= 4 is 17.8 Å². The SMILES string of the molecule is CCC[C@H](N[C@@H](C)C(=O)N1C(C(=O)O)CC2CCCCC21)C(=O)OCC. The van der Waals surface area contributed by atoms with Crippen LogP contribution in [0.15, 0.2) is 0 Å². The Bertz CT molecular complexity index is 524. The Morgan fingerprint density at radius 1 is 1.23 bits per heavy atom. The van der Waals surface area contributed by atoms with Gasteiger partial charge in [0.1, 0.15) is 12.1 Å². The zero-order valence-corrected chi connectivity index (χ0v) is 16.1. The number of amides is 1. The maximum absolute atomic E-state index is 13.1. The zero-order chi connectivity index (χ0) is 19.3. The van der Waals surface area contributed by atoms with Gasteiger partial charge in [-0.3, -0.25) is 14.9 Å². The van der Waals surface area contributed by atoms with Crippen molar-refractivity contribution in [2.45, 2.75) is 89.9 Å². The van der Waals surface area contributed by atoms with Crippen LogP contribution < -0.4 is 5.32 Å². The smallest absolute Gasteiger partial charge is 0.326 e. The molecule has 1 saturated carbocycles. The quantitative estimate of drug-likeness (QED) is 0.636. The van der Waals surface area contributed by atoms with E-state index >= 15 is 0 Å². The van der Waals surface area contributed by atoms with Gasteiger partial charge in [0, 0.05) is 6.04 Å². The number of carbonyl (C=O) groups excluding carboxylic acids is 2. The number of fused-ring (bicyclic) bond motifs is 1. The number of hydrogen-bond acceptors (Lipinski definition) is 5. The lowest BCUT2D eigenvalue weighted by atomic mass is 9.84. The van der Waals surface area contributed by atoms with E-state index < -0.39 is 24.1 Å². The van der Waals surface area contributed by atoms with Crippen LogP contribution in [-0.2, 0) is 19.1 Å². The Morgan fingerprint density at radius 3 is 2.54 bits per heavy atom. The van der Waals surface area contributed by atoms with E-state index in [-0.39, 0.29) is 23.8 Å². The van der Waals surface area contributed by atoms with Crippen molar-refractivity contribution in [2.24, 2.45) is 5.92 Å². The number of aliphatic carboxylic acids is 1. The first-order valence-corrected chi connectivity index (χ1v) is 9.88. The number of carboxylic acid groups (broad SMARTS) is 1. The van der Waals surface area contributed by atoms with Gasteiger partial charge in [0.15, 0.2) is 0 Å². The molecule has 0 aromatic rings. The molecule has 1 amide bonds. The van der Waals surface area contributed by atoms with E-state index in [0.29, 0.717) is 19.4 Å². The van der Waals surface area contributed by atoms with Gasteiger partial charge < -0.3 is 14.7 Å². The number of hydrogen-bond donors (Lipinski definition) is 2. The molecule has 5 atom stereocenters. The monoisotopic (exact) mass is 368 g/mol. The molecule has 148 valence electrons. The second-order valence-corrected chi connectivity index (χ2v) is 7.43. The molecule has 0 spiro atoms. The van der Waals surface area contributed by atoms with Gasteiger partial charge in [0.05, 0.1) is 12.6 Å². The highest BCUT2D eigenvalue weighted by molar-refractivity contribution is 5.88. The van der Waals surface area contributed by atoms with E-state index in [1.807, 2.05) is 6.92 Å². The van der Waals surface area contributed by atoms with Gasteiger partial charge in [-0.2, -0.15) is 0 Å². The largest absolute Gasteiger partial charge is 0.480 e. The normalized spacial score (nSPS) is 27.5. The fraction of sp³-hybridized carbons (Fsp3) is 0.842. The van der Waals surface area contributed by atoms with Crippen molar-refractivity contribution in [1.29, 1.82) is 0 Å². The van der Waals surface area contributed by atoms with Crippen LogP contribution in [-0.4, -0.2) is 58.6 Å². The molecule has 1 aliphatic carbocycles. The van der Waals surface area contributed by atoms with Crippen LogP contribution in [0.1, 0.15) is 65.7 Å². The molecule has 3 unspecified atom stereocenters. The summed E-state index contributed by atoms with van der Waals surface area (Å²) < 4.78 is 5.09. The molecule has 0 aromatic carbocycles. The van der Waals surface area contributed by atoms with E-state index in [9.17, 15) is 19.5 Å². The molecule has 1 aliphatic heterocycles. The van der Waals surface area contributed by atoms with Crippen LogP contribution in [0.3, 0.4) is 0 Å². The molecule has 7 nitrogen and oxygen atoms in total. The lowest BCUT2D eigenvalue weighted by Gasteiger charge is -2.35. The Hall–Kier alpha value is -1.63. The third-order valence-electron chi connectivity index (χ3n) is 5.60. The van der Waals surface area contributed by atoms with Crippen LogP contribution in [0.4, 0.5) is 0 Å². The second-order valence-electron chi connectivity index (χ2n) is 7.43. The number of rotatable bonds is 8. The summed E-state index contributed by atoms with van der Waals surface area (Å²) in [4.78, 5) is 38.5. The van der Waals surface area contributed by atoms with Gasteiger partial charge in [-0.25, -0.2) is 4.79 Å². The molecule has 2 N–H and O–H groups in total. The van der Waals surface area contributed by atoms with Crippen molar-refractivity contribution in [2.75, 3.05) is 6.61 Å². The van der Waals surface area contributed by atoms with E-state index in [1.54, 1.807) is 18.7 Å². The van der Waals surface area contributed by atoms with Crippen LogP contribution in [0, 0.1) is 5.92 Å². The molecular weight excluding hydrogens is 336 g/mol. The number of nitrogens with zero attached hydrogens (tertiary/aromatic N) is 1. The summed E-state index contributed by atoms with van der Waals surface area (Å²) in [5.41, 5.74) is 0. The molecule has 7 heteroatoms. The Balaban J connectivity index is 2.10. The maximum atomic E-state index is 13.1. The average molecular weight is 368 g/mol. The van der Waals surface area contributed by atoms with Crippen molar-refractivity contribution in [3.8, 4) is 0 Å². The summed E-state index contributed by atoms with van der Waals surface area (Å²) >= 11 is 0. The minimum Gasteiger partial charge on any atom is -0.480 e. The molecule has 0 aromatic heterocycles. The summed E-state index contributed by atoms with van der Waals surface area (Å²) in [6.45, 7) is 5.72. The number of carbonyl (C=O) groups is 3. The topological polar surface area (TPSA) is 95.9 Å². The van der Waals surface area contributed by atoms with E-state index in [1.165, 1.54) is 0 Å². The van der Waals surface area contributed by atoms with E-state index in [2.05, 4.69) is 5.32 Å². The summed E-state index contributed by atoms with van der Waals surface area (Å²) in [7, 11) is 0. The second kappa shape index (κ2) is 9.35. The fourth-order valence-corrected chi connectivity index (χ4v) is 4.39. The van der Waals surface area contributed by atoms with E-state index in [4.69, 9.17) is 4.74 Å². The molecular formula is C19H32N2O5. The van der Waals surface area contributed by atoms with Crippen LogP contribution in [0.25, 0.3) is 0 Å². The van der Waals surface area contributed by atoms with Gasteiger partial charge in [-0.15, -0.1) is 0 Å². The summed E-state index contributed by atoms with van der Waals surface area (Å²) in [5.74, 6) is -1.24. The maximum Gasteiger partial charge on any atom is 0.326 e. The lowest BCUT2D eigenvalue weighted by molar-refractivity contribution is -0.152. The fourth-order valence-electron chi connectivity index (χ4n) is 4.39. The molecule has 2 fully saturated rings. The summed E-state index contributed by atoms with van der Waals surface area (Å²) in [6.07, 6.45) is 5.87. The van der Waals surface area contributed by atoms with Crippen LogP contribution in [0.2, 0.25) is 0 Å².